The van der Waals surface area contributed by atoms with Crippen molar-refractivity contribution in [1.29, 1.82) is 0 Å². The Morgan fingerprint density at radius 3 is 2.84 bits per heavy atom. The van der Waals surface area contributed by atoms with E-state index in [0.717, 1.165) is 24.5 Å². The molecule has 3 heteroatoms. The second-order valence-electron chi connectivity index (χ2n) is 7.75. The molecule has 132 valence electrons. The fourth-order valence-electron chi connectivity index (χ4n) is 4.91. The van der Waals surface area contributed by atoms with Gasteiger partial charge in [0.1, 0.15) is 5.75 Å². The number of hydrogen-bond acceptors (Lipinski definition) is 2. The summed E-state index contributed by atoms with van der Waals surface area (Å²) in [5.74, 6) is 0.400. The Bertz CT molecular complexity index is 746. The first-order chi connectivity index (χ1) is 12.1. The van der Waals surface area contributed by atoms with E-state index in [1.807, 2.05) is 24.3 Å². The van der Waals surface area contributed by atoms with Gasteiger partial charge >= 0.3 is 0 Å². The number of likely N-dealkylation sites (tertiary alicyclic amines) is 1. The molecule has 1 N–H and O–H groups in total. The molecule has 2 atom stereocenters. The van der Waals surface area contributed by atoms with Crippen molar-refractivity contribution >= 4 is 11.6 Å². The van der Waals surface area contributed by atoms with Crippen molar-refractivity contribution in [2.75, 3.05) is 13.1 Å². The summed E-state index contributed by atoms with van der Waals surface area (Å²) in [5, 5.41) is 10.7. The standard InChI is InChI=1S/C22H26ClNO/c23-19-6-1-4-17(14-19)9-12-24-13-11-22(10-3-7-20(24)16-22)18-5-2-8-21(25)15-18/h1-2,4-6,8,14-15,20,25H,3,7,9-13,16H2/t20-,22+/m0/s1. The summed E-state index contributed by atoms with van der Waals surface area (Å²) in [7, 11) is 0. The van der Waals surface area contributed by atoms with Gasteiger partial charge < -0.3 is 5.11 Å². The van der Waals surface area contributed by atoms with Crippen molar-refractivity contribution in [3.8, 4) is 5.75 Å². The third-order valence-corrected chi connectivity index (χ3v) is 6.48. The van der Waals surface area contributed by atoms with Gasteiger partial charge in [0.05, 0.1) is 0 Å². The second kappa shape index (κ2) is 7.01. The number of piperidine rings is 1. The molecule has 1 aliphatic carbocycles. The molecular formula is C22H26ClNO. The molecule has 4 rings (SSSR count). The maximum atomic E-state index is 9.90. The summed E-state index contributed by atoms with van der Waals surface area (Å²) < 4.78 is 0. The molecule has 2 nitrogen and oxygen atoms in total. The third kappa shape index (κ3) is 3.56. The fraction of sp³-hybridized carbons (Fsp3) is 0.455. The molecule has 0 unspecified atom stereocenters. The molecule has 2 bridgehead atoms. The van der Waals surface area contributed by atoms with E-state index in [-0.39, 0.29) is 5.41 Å². The maximum Gasteiger partial charge on any atom is 0.115 e. The van der Waals surface area contributed by atoms with Gasteiger partial charge in [0.15, 0.2) is 0 Å². The Hall–Kier alpha value is -1.51. The van der Waals surface area contributed by atoms with Crippen LogP contribution in [0, 0.1) is 0 Å². The van der Waals surface area contributed by atoms with Crippen LogP contribution in [0.3, 0.4) is 0 Å². The van der Waals surface area contributed by atoms with E-state index in [1.165, 1.54) is 43.2 Å². The summed E-state index contributed by atoms with van der Waals surface area (Å²) >= 11 is 6.12. The molecule has 0 amide bonds. The van der Waals surface area contributed by atoms with E-state index >= 15 is 0 Å². The molecule has 2 aromatic carbocycles. The summed E-state index contributed by atoms with van der Waals surface area (Å²) in [5.41, 5.74) is 2.94. The molecular weight excluding hydrogens is 330 g/mol. The molecule has 0 radical (unpaired) electrons. The van der Waals surface area contributed by atoms with Gasteiger partial charge in [-0.25, -0.2) is 0 Å². The summed E-state index contributed by atoms with van der Waals surface area (Å²) in [6, 6.07) is 16.9. The third-order valence-electron chi connectivity index (χ3n) is 6.25. The first kappa shape index (κ1) is 16.9. The highest BCUT2D eigenvalue weighted by molar-refractivity contribution is 6.30. The first-order valence-electron chi connectivity index (χ1n) is 9.43. The van der Waals surface area contributed by atoms with Gasteiger partial charge in [0, 0.05) is 17.6 Å². The lowest BCUT2D eigenvalue weighted by Crippen LogP contribution is -2.52. The van der Waals surface area contributed by atoms with Crippen LogP contribution in [-0.2, 0) is 11.8 Å². The van der Waals surface area contributed by atoms with Crippen molar-refractivity contribution in [3.63, 3.8) is 0 Å². The minimum atomic E-state index is 0.272. The van der Waals surface area contributed by atoms with Crippen LogP contribution in [0.1, 0.15) is 43.2 Å². The Labute approximate surface area is 155 Å². The molecule has 2 aliphatic rings. The number of nitrogens with zero attached hydrogens (tertiary/aromatic N) is 1. The van der Waals surface area contributed by atoms with Crippen molar-refractivity contribution in [3.05, 3.63) is 64.7 Å². The Balaban J connectivity index is 1.45. The zero-order chi connectivity index (χ0) is 17.3. The summed E-state index contributed by atoms with van der Waals surface area (Å²) in [4.78, 5) is 2.68. The number of phenolic OH excluding ortho intramolecular Hbond substituents is 1. The lowest BCUT2D eigenvalue weighted by atomic mass is 9.63. The topological polar surface area (TPSA) is 23.5 Å². The number of hydrogen-bond donors (Lipinski definition) is 1. The normalized spacial score (nSPS) is 26.5. The molecule has 0 spiro atoms. The second-order valence-corrected chi connectivity index (χ2v) is 8.18. The number of phenols is 1. The van der Waals surface area contributed by atoms with Crippen molar-refractivity contribution in [2.24, 2.45) is 0 Å². The average Bonchev–Trinajstić information content (AvgIpc) is 2.61. The molecule has 25 heavy (non-hydrogen) atoms. The van der Waals surface area contributed by atoms with E-state index in [9.17, 15) is 5.11 Å². The van der Waals surface area contributed by atoms with Crippen LogP contribution in [0.15, 0.2) is 48.5 Å². The van der Waals surface area contributed by atoms with E-state index in [1.54, 1.807) is 6.07 Å². The fourth-order valence-corrected chi connectivity index (χ4v) is 5.12. The van der Waals surface area contributed by atoms with Crippen LogP contribution in [0.4, 0.5) is 0 Å². The molecule has 1 saturated carbocycles. The van der Waals surface area contributed by atoms with Crippen LogP contribution in [-0.4, -0.2) is 29.1 Å². The summed E-state index contributed by atoms with van der Waals surface area (Å²) in [6.45, 7) is 2.27. The van der Waals surface area contributed by atoms with Crippen LogP contribution >= 0.6 is 11.6 Å². The van der Waals surface area contributed by atoms with Gasteiger partial charge in [-0.3, -0.25) is 4.90 Å². The van der Waals surface area contributed by atoms with Crippen molar-refractivity contribution in [1.82, 2.24) is 4.90 Å². The van der Waals surface area contributed by atoms with Gasteiger partial charge in [0.25, 0.3) is 0 Å². The van der Waals surface area contributed by atoms with Gasteiger partial charge in [-0.05, 0) is 79.5 Å². The van der Waals surface area contributed by atoms with Crippen LogP contribution < -0.4 is 0 Å². The van der Waals surface area contributed by atoms with Gasteiger partial charge in [-0.1, -0.05) is 42.3 Å². The molecule has 2 aromatic rings. The molecule has 0 aromatic heterocycles. The zero-order valence-corrected chi connectivity index (χ0v) is 15.4. The summed E-state index contributed by atoms with van der Waals surface area (Å²) in [6.07, 6.45) is 7.34. The van der Waals surface area contributed by atoms with E-state index in [4.69, 9.17) is 11.6 Å². The van der Waals surface area contributed by atoms with E-state index < -0.39 is 0 Å². The predicted molar refractivity (Wildman–Crippen MR) is 103 cm³/mol. The maximum absolute atomic E-state index is 9.90. The number of fused-ring (bicyclic) bond motifs is 2. The Kier molecular flexibility index (Phi) is 4.75. The molecule has 1 aliphatic heterocycles. The Morgan fingerprint density at radius 1 is 1.12 bits per heavy atom. The predicted octanol–water partition coefficient (Wildman–Crippen LogP) is 5.17. The van der Waals surface area contributed by atoms with Crippen molar-refractivity contribution < 1.29 is 5.11 Å². The van der Waals surface area contributed by atoms with E-state index in [2.05, 4.69) is 23.1 Å². The SMILES string of the molecule is Oc1cccc([C@@]23CCC[C@@H](C2)N(CCc2cccc(Cl)c2)CC3)c1. The smallest absolute Gasteiger partial charge is 0.115 e. The number of aromatic hydroxyl groups is 1. The molecule has 1 heterocycles. The molecule has 1 saturated heterocycles. The van der Waals surface area contributed by atoms with Gasteiger partial charge in [-0.2, -0.15) is 0 Å². The van der Waals surface area contributed by atoms with E-state index in [0.29, 0.717) is 11.8 Å². The lowest BCUT2D eigenvalue weighted by Gasteiger charge is -2.51. The highest BCUT2D eigenvalue weighted by Gasteiger charge is 2.43. The van der Waals surface area contributed by atoms with Crippen LogP contribution in [0.5, 0.6) is 5.75 Å². The molecule has 2 fully saturated rings. The largest absolute Gasteiger partial charge is 0.508 e. The Morgan fingerprint density at radius 2 is 2.00 bits per heavy atom. The average molecular weight is 356 g/mol. The number of rotatable bonds is 4. The quantitative estimate of drug-likeness (QED) is 0.817. The minimum absolute atomic E-state index is 0.272. The highest BCUT2D eigenvalue weighted by Crippen LogP contribution is 2.47. The first-order valence-corrected chi connectivity index (χ1v) is 9.80. The number of benzene rings is 2. The highest BCUT2D eigenvalue weighted by atomic mass is 35.5. The van der Waals surface area contributed by atoms with Crippen LogP contribution in [0.25, 0.3) is 0 Å². The minimum Gasteiger partial charge on any atom is -0.508 e. The van der Waals surface area contributed by atoms with Crippen molar-refractivity contribution in [2.45, 2.75) is 50.0 Å². The monoisotopic (exact) mass is 355 g/mol. The van der Waals surface area contributed by atoms with Gasteiger partial charge in [0.2, 0.25) is 0 Å². The number of halogens is 1. The zero-order valence-electron chi connectivity index (χ0n) is 14.6. The van der Waals surface area contributed by atoms with Gasteiger partial charge in [-0.15, -0.1) is 0 Å². The van der Waals surface area contributed by atoms with Crippen LogP contribution in [0.2, 0.25) is 5.02 Å². The lowest BCUT2D eigenvalue weighted by molar-refractivity contribution is 0.0524.